The van der Waals surface area contributed by atoms with Crippen LogP contribution in [0.1, 0.15) is 6.42 Å². The lowest BCUT2D eigenvalue weighted by atomic mass is 10.4. The number of aliphatic imine (C=N–C) groups is 1. The lowest BCUT2D eigenvalue weighted by Gasteiger charge is -2.13. The predicted molar refractivity (Wildman–Crippen MR) is 46.9 cm³/mol. The second-order valence-electron chi connectivity index (χ2n) is 2.04. The average Bonchev–Trinajstić information content (AvgIpc) is 2.09. The van der Waals surface area contributed by atoms with Crippen molar-refractivity contribution in [1.82, 2.24) is 0 Å². The normalized spacial score (nSPS) is 19.0. The molecule has 0 radical (unpaired) electrons. The van der Waals surface area contributed by atoms with E-state index in [1.54, 1.807) is 0 Å². The zero-order valence-corrected chi connectivity index (χ0v) is 6.93. The highest BCUT2D eigenvalue weighted by atomic mass is 32.2. The number of ether oxygens (including phenoxy) is 1. The van der Waals surface area contributed by atoms with Crippen LogP contribution in [0.3, 0.4) is 0 Å². The first-order valence-electron chi connectivity index (χ1n) is 3.34. The minimum atomic E-state index is 0.575. The zero-order chi connectivity index (χ0) is 8.10. The highest BCUT2D eigenvalue weighted by Gasteiger charge is 2.10. The molecule has 0 amide bonds. The summed E-state index contributed by atoms with van der Waals surface area (Å²) in [6.07, 6.45) is 2.38. The largest absolute Gasteiger partial charge is 0.477 e. The molecule has 1 heterocycles. The fourth-order valence-electron chi connectivity index (χ4n) is 0.770. The van der Waals surface area contributed by atoms with Gasteiger partial charge in [0.2, 0.25) is 5.90 Å². The minimum Gasteiger partial charge on any atom is -0.477 e. The Labute approximate surface area is 69.8 Å². The maximum atomic E-state index is 5.32. The minimum absolute atomic E-state index is 0.575. The molecule has 0 saturated carbocycles. The summed E-state index contributed by atoms with van der Waals surface area (Å²) in [5.41, 5.74) is 5.29. The van der Waals surface area contributed by atoms with E-state index in [0.717, 1.165) is 24.9 Å². The van der Waals surface area contributed by atoms with Gasteiger partial charge >= 0.3 is 0 Å². The molecule has 0 aromatic rings. The van der Waals surface area contributed by atoms with Gasteiger partial charge in [-0.2, -0.15) is 0 Å². The highest BCUT2D eigenvalue weighted by Crippen LogP contribution is 2.12. The molecule has 0 fully saturated rings. The van der Waals surface area contributed by atoms with E-state index < -0.39 is 0 Å². The summed E-state index contributed by atoms with van der Waals surface area (Å²) < 4.78 is 5.22. The van der Waals surface area contributed by atoms with Crippen LogP contribution in [0.5, 0.6) is 0 Å². The molecule has 5 heteroatoms. The van der Waals surface area contributed by atoms with E-state index in [1.807, 2.05) is 0 Å². The van der Waals surface area contributed by atoms with E-state index in [9.17, 15) is 0 Å². The molecule has 0 saturated heterocycles. The van der Waals surface area contributed by atoms with Crippen molar-refractivity contribution in [2.24, 2.45) is 15.9 Å². The molecule has 1 aliphatic heterocycles. The number of nitrogens with two attached hydrogens (primary N) is 2. The van der Waals surface area contributed by atoms with Crippen LogP contribution in [0.15, 0.2) is 16.1 Å². The first-order valence-corrected chi connectivity index (χ1v) is 4.22. The van der Waals surface area contributed by atoms with E-state index in [0.29, 0.717) is 17.4 Å². The first-order chi connectivity index (χ1) is 5.38. The zero-order valence-electron chi connectivity index (χ0n) is 6.12. The van der Waals surface area contributed by atoms with Crippen LogP contribution in [0.25, 0.3) is 0 Å². The Hall–Kier alpha value is -0.680. The first kappa shape index (κ1) is 8.42. The lowest BCUT2D eigenvalue weighted by Crippen LogP contribution is -2.16. The molecule has 4 nitrogen and oxygen atoms in total. The van der Waals surface area contributed by atoms with Crippen molar-refractivity contribution in [2.45, 2.75) is 6.42 Å². The van der Waals surface area contributed by atoms with Crippen molar-refractivity contribution in [3.63, 3.8) is 0 Å². The van der Waals surface area contributed by atoms with Crippen molar-refractivity contribution in [3.8, 4) is 0 Å². The summed E-state index contributed by atoms with van der Waals surface area (Å²) in [4.78, 5) is 4.82. The standard InChI is InChI=1S/C6H11N3OS/c7-4-5(11-8)6-9-2-1-3-10-6/h4H,1-3,7-8H2/b5-4+. The van der Waals surface area contributed by atoms with Gasteiger partial charge in [-0.3, -0.25) is 10.1 Å². The molecule has 0 aromatic heterocycles. The molecule has 0 unspecified atom stereocenters. The second kappa shape index (κ2) is 4.25. The van der Waals surface area contributed by atoms with Gasteiger partial charge in [0.1, 0.15) is 0 Å². The monoisotopic (exact) mass is 173 g/mol. The van der Waals surface area contributed by atoms with Crippen LogP contribution < -0.4 is 10.9 Å². The third-order valence-corrected chi connectivity index (χ3v) is 1.85. The van der Waals surface area contributed by atoms with Crippen LogP contribution in [0.2, 0.25) is 0 Å². The van der Waals surface area contributed by atoms with Gasteiger partial charge in [0.05, 0.1) is 11.5 Å². The molecule has 4 N–H and O–H groups in total. The van der Waals surface area contributed by atoms with Gasteiger partial charge in [-0.15, -0.1) is 0 Å². The SMILES string of the molecule is N/C=C(/SN)C1=NCCCO1. The summed E-state index contributed by atoms with van der Waals surface area (Å²) in [7, 11) is 0. The topological polar surface area (TPSA) is 73.6 Å². The molecular weight excluding hydrogens is 162 g/mol. The number of hydrogen-bond donors (Lipinski definition) is 2. The molecule has 0 spiro atoms. The summed E-state index contributed by atoms with van der Waals surface area (Å²) in [6, 6.07) is 0. The van der Waals surface area contributed by atoms with Crippen LogP contribution in [0.4, 0.5) is 0 Å². The molecule has 0 atom stereocenters. The molecule has 1 aliphatic rings. The van der Waals surface area contributed by atoms with Gasteiger partial charge in [0.15, 0.2) is 0 Å². The Balaban J connectivity index is 2.63. The Morgan fingerprint density at radius 3 is 3.00 bits per heavy atom. The molecule has 1 rings (SSSR count). The quantitative estimate of drug-likeness (QED) is 0.585. The summed E-state index contributed by atoms with van der Waals surface area (Å²) in [5, 5.41) is 5.32. The van der Waals surface area contributed by atoms with E-state index in [-0.39, 0.29) is 0 Å². The molecule has 11 heavy (non-hydrogen) atoms. The average molecular weight is 173 g/mol. The molecule has 0 aliphatic carbocycles. The molecular formula is C6H11N3OS. The number of rotatable bonds is 2. The van der Waals surface area contributed by atoms with Gasteiger partial charge in [-0.05, 0) is 11.9 Å². The number of hydrogen-bond acceptors (Lipinski definition) is 5. The third kappa shape index (κ3) is 2.13. The predicted octanol–water partition coefficient (Wildman–Crippen LogP) is 0.212. The van der Waals surface area contributed by atoms with Crippen molar-refractivity contribution < 1.29 is 4.74 Å². The van der Waals surface area contributed by atoms with Crippen LogP contribution in [0, 0.1) is 0 Å². The van der Waals surface area contributed by atoms with Gasteiger partial charge in [0, 0.05) is 19.2 Å². The van der Waals surface area contributed by atoms with Crippen LogP contribution in [-0.4, -0.2) is 19.0 Å². The van der Waals surface area contributed by atoms with Crippen molar-refractivity contribution in [2.75, 3.05) is 13.2 Å². The third-order valence-electron chi connectivity index (χ3n) is 1.29. The summed E-state index contributed by atoms with van der Waals surface area (Å²) in [5.74, 6) is 0.575. The smallest absolute Gasteiger partial charge is 0.225 e. The van der Waals surface area contributed by atoms with Gasteiger partial charge < -0.3 is 10.5 Å². The van der Waals surface area contributed by atoms with Gasteiger partial charge in [-0.1, -0.05) is 0 Å². The van der Waals surface area contributed by atoms with E-state index in [1.165, 1.54) is 6.20 Å². The second-order valence-corrected chi connectivity index (χ2v) is 2.71. The van der Waals surface area contributed by atoms with Gasteiger partial charge in [-0.25, -0.2) is 0 Å². The maximum Gasteiger partial charge on any atom is 0.225 e. The van der Waals surface area contributed by atoms with Crippen LogP contribution in [-0.2, 0) is 4.74 Å². The number of nitrogens with zero attached hydrogens (tertiary/aromatic N) is 1. The lowest BCUT2D eigenvalue weighted by molar-refractivity contribution is 0.285. The summed E-state index contributed by atoms with van der Waals surface area (Å²) >= 11 is 1.06. The Morgan fingerprint density at radius 1 is 1.73 bits per heavy atom. The Bertz CT molecular complexity index is 190. The molecule has 0 aromatic carbocycles. The van der Waals surface area contributed by atoms with E-state index in [2.05, 4.69) is 4.99 Å². The molecule has 0 bridgehead atoms. The highest BCUT2D eigenvalue weighted by molar-refractivity contribution is 8.01. The maximum absolute atomic E-state index is 5.32. The van der Waals surface area contributed by atoms with Crippen LogP contribution >= 0.6 is 11.9 Å². The van der Waals surface area contributed by atoms with Gasteiger partial charge in [0.25, 0.3) is 0 Å². The fourth-order valence-corrected chi connectivity index (χ4v) is 1.07. The van der Waals surface area contributed by atoms with E-state index >= 15 is 0 Å². The van der Waals surface area contributed by atoms with E-state index in [4.69, 9.17) is 15.6 Å². The fraction of sp³-hybridized carbons (Fsp3) is 0.500. The Kier molecular flexibility index (Phi) is 3.25. The molecule has 62 valence electrons. The summed E-state index contributed by atoms with van der Waals surface area (Å²) in [6.45, 7) is 1.50. The van der Waals surface area contributed by atoms with Crippen molar-refractivity contribution >= 4 is 17.8 Å². The van der Waals surface area contributed by atoms with Crippen molar-refractivity contribution in [3.05, 3.63) is 11.1 Å². The van der Waals surface area contributed by atoms with Crippen molar-refractivity contribution in [1.29, 1.82) is 0 Å². The Morgan fingerprint density at radius 2 is 2.55 bits per heavy atom.